The number of hydrogen-bond acceptors (Lipinski definition) is 3. The van der Waals surface area contributed by atoms with E-state index in [2.05, 4.69) is 28.7 Å². The maximum Gasteiger partial charge on any atom is 0.0110 e. The van der Waals surface area contributed by atoms with Gasteiger partial charge >= 0.3 is 0 Å². The van der Waals surface area contributed by atoms with Gasteiger partial charge in [-0.2, -0.15) is 0 Å². The Hall–Kier alpha value is -0.380. The van der Waals surface area contributed by atoms with Crippen LogP contribution in [0.4, 0.5) is 0 Å². The molecule has 14 heavy (non-hydrogen) atoms. The van der Waals surface area contributed by atoms with Gasteiger partial charge in [0, 0.05) is 39.3 Å². The first-order valence-corrected chi connectivity index (χ1v) is 5.55. The summed E-state index contributed by atoms with van der Waals surface area (Å²) >= 11 is 0. The molecule has 1 N–H and O–H groups in total. The molecule has 82 valence electrons. The second kappa shape index (κ2) is 6.98. The van der Waals surface area contributed by atoms with Crippen LogP contribution in [0.1, 0.15) is 6.42 Å². The molecule has 1 fully saturated rings. The molecule has 0 atom stereocenters. The average Bonchev–Trinajstić information content (AvgIpc) is 2.21. The van der Waals surface area contributed by atoms with Crippen LogP contribution in [0.15, 0.2) is 12.7 Å². The highest BCUT2D eigenvalue weighted by molar-refractivity contribution is 4.71. The van der Waals surface area contributed by atoms with Crippen molar-refractivity contribution in [3.05, 3.63) is 12.7 Å². The van der Waals surface area contributed by atoms with E-state index in [1.807, 2.05) is 6.08 Å². The van der Waals surface area contributed by atoms with Crippen LogP contribution in [0.25, 0.3) is 0 Å². The number of piperazine rings is 1. The van der Waals surface area contributed by atoms with E-state index in [1.54, 1.807) is 0 Å². The van der Waals surface area contributed by atoms with Crippen LogP contribution in [0.3, 0.4) is 0 Å². The molecule has 0 aliphatic carbocycles. The molecule has 1 aliphatic heterocycles. The van der Waals surface area contributed by atoms with Crippen molar-refractivity contribution < 1.29 is 0 Å². The lowest BCUT2D eigenvalue weighted by atomic mass is 10.3. The third kappa shape index (κ3) is 4.74. The fourth-order valence-electron chi connectivity index (χ4n) is 1.64. The van der Waals surface area contributed by atoms with E-state index >= 15 is 0 Å². The van der Waals surface area contributed by atoms with Gasteiger partial charge in [0.2, 0.25) is 0 Å². The van der Waals surface area contributed by atoms with E-state index in [1.165, 1.54) is 32.7 Å². The number of likely N-dealkylation sites (N-methyl/N-ethyl adjacent to an activating group) is 1. The van der Waals surface area contributed by atoms with Gasteiger partial charge in [-0.1, -0.05) is 6.08 Å². The van der Waals surface area contributed by atoms with Crippen molar-refractivity contribution in [2.24, 2.45) is 0 Å². The molecule has 0 bridgehead atoms. The Balaban J connectivity index is 1.93. The molecule has 0 amide bonds. The minimum atomic E-state index is 1.07. The Morgan fingerprint density at radius 1 is 1.21 bits per heavy atom. The van der Waals surface area contributed by atoms with Gasteiger partial charge in [-0.05, 0) is 20.0 Å². The highest BCUT2D eigenvalue weighted by Crippen LogP contribution is 1.97. The van der Waals surface area contributed by atoms with Gasteiger partial charge in [0.1, 0.15) is 0 Å². The summed E-state index contributed by atoms with van der Waals surface area (Å²) in [6.07, 6.45) is 3.03. The molecule has 0 aromatic heterocycles. The van der Waals surface area contributed by atoms with Crippen LogP contribution in [0, 0.1) is 0 Å². The van der Waals surface area contributed by atoms with Crippen LogP contribution in [0.5, 0.6) is 0 Å². The first kappa shape index (κ1) is 11.7. The molecule has 0 saturated carbocycles. The summed E-state index contributed by atoms with van der Waals surface area (Å²) in [7, 11) is 2.19. The normalized spacial score (nSPS) is 19.8. The zero-order valence-corrected chi connectivity index (χ0v) is 9.34. The van der Waals surface area contributed by atoms with E-state index < -0.39 is 0 Å². The Morgan fingerprint density at radius 2 is 1.93 bits per heavy atom. The minimum Gasteiger partial charge on any atom is -0.315 e. The molecule has 0 aromatic rings. The van der Waals surface area contributed by atoms with Crippen molar-refractivity contribution in [3.63, 3.8) is 0 Å². The third-order valence-electron chi connectivity index (χ3n) is 2.73. The van der Waals surface area contributed by atoms with Gasteiger partial charge in [-0.25, -0.2) is 0 Å². The summed E-state index contributed by atoms with van der Waals surface area (Å²) in [5.74, 6) is 0. The standard InChI is InChI=1S/C11H23N3/c1-3-4-5-12-6-7-14-10-8-13(2)9-11-14/h3,12H,1,4-11H2,2H3. The third-order valence-corrected chi connectivity index (χ3v) is 2.73. The van der Waals surface area contributed by atoms with Crippen LogP contribution < -0.4 is 5.32 Å². The van der Waals surface area contributed by atoms with E-state index in [0.29, 0.717) is 0 Å². The van der Waals surface area contributed by atoms with E-state index in [-0.39, 0.29) is 0 Å². The van der Waals surface area contributed by atoms with Crippen molar-refractivity contribution in [1.29, 1.82) is 0 Å². The molecule has 0 spiro atoms. The maximum atomic E-state index is 3.70. The quantitative estimate of drug-likeness (QED) is 0.491. The van der Waals surface area contributed by atoms with Gasteiger partial charge in [0.25, 0.3) is 0 Å². The summed E-state index contributed by atoms with van der Waals surface area (Å²) in [5, 5.41) is 3.42. The van der Waals surface area contributed by atoms with Crippen molar-refractivity contribution in [3.8, 4) is 0 Å². The highest BCUT2D eigenvalue weighted by Gasteiger charge is 2.12. The van der Waals surface area contributed by atoms with Crippen molar-refractivity contribution in [1.82, 2.24) is 15.1 Å². The lowest BCUT2D eigenvalue weighted by Crippen LogP contribution is -2.46. The Bertz CT molecular complexity index is 151. The van der Waals surface area contributed by atoms with Gasteiger partial charge in [0.05, 0.1) is 0 Å². The monoisotopic (exact) mass is 197 g/mol. The molecule has 0 radical (unpaired) electrons. The summed E-state index contributed by atoms with van der Waals surface area (Å²) in [6, 6.07) is 0. The minimum absolute atomic E-state index is 1.07. The molecular weight excluding hydrogens is 174 g/mol. The molecule has 1 rings (SSSR count). The number of nitrogens with zero attached hydrogens (tertiary/aromatic N) is 2. The molecule has 0 unspecified atom stereocenters. The molecule has 1 heterocycles. The number of hydrogen-bond donors (Lipinski definition) is 1. The molecule has 3 nitrogen and oxygen atoms in total. The molecule has 1 saturated heterocycles. The van der Waals surface area contributed by atoms with Gasteiger partial charge in [-0.15, -0.1) is 6.58 Å². The SMILES string of the molecule is C=CCCNCCN1CCN(C)CC1. The first-order chi connectivity index (χ1) is 6.83. The second-order valence-corrected chi connectivity index (χ2v) is 3.97. The van der Waals surface area contributed by atoms with Crippen LogP contribution >= 0.6 is 0 Å². The first-order valence-electron chi connectivity index (χ1n) is 5.55. The molecule has 1 aliphatic rings. The molecule has 0 aromatic carbocycles. The lowest BCUT2D eigenvalue weighted by molar-refractivity contribution is 0.155. The van der Waals surface area contributed by atoms with E-state index in [9.17, 15) is 0 Å². The maximum absolute atomic E-state index is 3.70. The van der Waals surface area contributed by atoms with E-state index in [4.69, 9.17) is 0 Å². The largest absolute Gasteiger partial charge is 0.315 e. The predicted molar refractivity (Wildman–Crippen MR) is 61.6 cm³/mol. The predicted octanol–water partition coefficient (Wildman–Crippen LogP) is 0.400. The summed E-state index contributed by atoms with van der Waals surface area (Å²) in [5.41, 5.74) is 0. The smallest absolute Gasteiger partial charge is 0.0110 e. The van der Waals surface area contributed by atoms with E-state index in [0.717, 1.165) is 19.5 Å². The Labute approximate surface area is 87.8 Å². The summed E-state index contributed by atoms with van der Waals surface area (Å²) < 4.78 is 0. The van der Waals surface area contributed by atoms with Crippen LogP contribution in [-0.4, -0.2) is 62.7 Å². The van der Waals surface area contributed by atoms with Crippen molar-refractivity contribution in [2.45, 2.75) is 6.42 Å². The van der Waals surface area contributed by atoms with Crippen LogP contribution in [0.2, 0.25) is 0 Å². The van der Waals surface area contributed by atoms with Crippen LogP contribution in [-0.2, 0) is 0 Å². The summed E-state index contributed by atoms with van der Waals surface area (Å²) in [4.78, 5) is 4.92. The van der Waals surface area contributed by atoms with Gasteiger partial charge < -0.3 is 10.2 Å². The fraction of sp³-hybridized carbons (Fsp3) is 0.818. The fourth-order valence-corrected chi connectivity index (χ4v) is 1.64. The summed E-state index contributed by atoms with van der Waals surface area (Å²) in [6.45, 7) is 11.9. The lowest BCUT2D eigenvalue weighted by Gasteiger charge is -2.32. The van der Waals surface area contributed by atoms with Gasteiger partial charge in [0.15, 0.2) is 0 Å². The van der Waals surface area contributed by atoms with Gasteiger partial charge in [-0.3, -0.25) is 4.90 Å². The number of nitrogens with one attached hydrogen (secondary N) is 1. The topological polar surface area (TPSA) is 18.5 Å². The number of rotatable bonds is 6. The zero-order chi connectivity index (χ0) is 10.2. The molecular formula is C11H23N3. The second-order valence-electron chi connectivity index (χ2n) is 3.97. The Kier molecular flexibility index (Phi) is 5.83. The molecule has 3 heteroatoms. The zero-order valence-electron chi connectivity index (χ0n) is 9.34. The highest BCUT2D eigenvalue weighted by atomic mass is 15.2. The van der Waals surface area contributed by atoms with Crippen molar-refractivity contribution in [2.75, 3.05) is 52.9 Å². The average molecular weight is 197 g/mol. The Morgan fingerprint density at radius 3 is 2.57 bits per heavy atom. The van der Waals surface area contributed by atoms with Crippen molar-refractivity contribution >= 4 is 0 Å².